The normalized spacial score (nSPS) is 9.95. The number of anilines is 2. The van der Waals surface area contributed by atoms with Crippen molar-refractivity contribution >= 4 is 17.3 Å². The third kappa shape index (κ3) is 3.86. The van der Waals surface area contributed by atoms with Gasteiger partial charge in [-0.2, -0.15) is 0 Å². The van der Waals surface area contributed by atoms with E-state index in [-0.39, 0.29) is 5.91 Å². The van der Waals surface area contributed by atoms with Crippen LogP contribution in [0.2, 0.25) is 0 Å². The summed E-state index contributed by atoms with van der Waals surface area (Å²) in [7, 11) is 0. The summed E-state index contributed by atoms with van der Waals surface area (Å²) >= 11 is 0. The lowest BCUT2D eigenvalue weighted by Crippen LogP contribution is -2.12. The molecule has 0 aromatic heterocycles. The van der Waals surface area contributed by atoms with Crippen molar-refractivity contribution < 1.29 is 9.53 Å². The molecule has 4 nitrogen and oxygen atoms in total. The number of carbonyl (C=O) groups is 1. The molecule has 0 atom stereocenters. The molecule has 2 rings (SSSR count). The van der Waals surface area contributed by atoms with Crippen molar-refractivity contribution in [1.82, 2.24) is 0 Å². The van der Waals surface area contributed by atoms with E-state index in [9.17, 15) is 4.79 Å². The Bertz CT molecular complexity index is 666. The molecule has 0 fully saturated rings. The first kappa shape index (κ1) is 14.7. The molecule has 21 heavy (non-hydrogen) atoms. The monoisotopic (exact) mass is 282 g/mol. The molecule has 0 saturated carbocycles. The van der Waals surface area contributed by atoms with Crippen molar-refractivity contribution in [2.45, 2.75) is 6.92 Å². The van der Waals surface area contributed by atoms with Gasteiger partial charge in [-0.3, -0.25) is 4.79 Å². The lowest BCUT2D eigenvalue weighted by molar-refractivity contribution is 0.102. The number of hydrogen-bond donors (Lipinski definition) is 2. The lowest BCUT2D eigenvalue weighted by atomic mass is 10.1. The van der Waals surface area contributed by atoms with Crippen LogP contribution in [0.25, 0.3) is 0 Å². The smallest absolute Gasteiger partial charge is 0.255 e. The van der Waals surface area contributed by atoms with Gasteiger partial charge >= 0.3 is 0 Å². The summed E-state index contributed by atoms with van der Waals surface area (Å²) < 4.78 is 5.43. The predicted molar refractivity (Wildman–Crippen MR) is 85.7 cm³/mol. The summed E-state index contributed by atoms with van der Waals surface area (Å²) in [5.74, 6) is 0.471. The molecule has 4 heteroatoms. The molecule has 0 spiro atoms. The highest BCUT2D eigenvalue weighted by Gasteiger charge is 2.08. The first-order valence-electron chi connectivity index (χ1n) is 6.61. The van der Waals surface area contributed by atoms with E-state index in [4.69, 9.17) is 10.5 Å². The minimum atomic E-state index is -0.206. The summed E-state index contributed by atoms with van der Waals surface area (Å²) in [4.78, 5) is 12.2. The average molecular weight is 282 g/mol. The Morgan fingerprint density at radius 3 is 2.86 bits per heavy atom. The van der Waals surface area contributed by atoms with E-state index >= 15 is 0 Å². The first-order chi connectivity index (χ1) is 10.1. The third-order valence-corrected chi connectivity index (χ3v) is 3.00. The van der Waals surface area contributed by atoms with E-state index in [2.05, 4.69) is 11.9 Å². The Labute approximate surface area is 124 Å². The summed E-state index contributed by atoms with van der Waals surface area (Å²) in [5, 5.41) is 2.82. The van der Waals surface area contributed by atoms with Crippen molar-refractivity contribution in [3.8, 4) is 5.75 Å². The number of carbonyl (C=O) groups excluding carboxylic acids is 1. The van der Waals surface area contributed by atoms with E-state index in [0.717, 1.165) is 5.56 Å². The van der Waals surface area contributed by atoms with Gasteiger partial charge in [0.2, 0.25) is 0 Å². The maximum Gasteiger partial charge on any atom is 0.255 e. The molecule has 0 aliphatic carbocycles. The van der Waals surface area contributed by atoms with Gasteiger partial charge in [0, 0.05) is 23.0 Å². The summed E-state index contributed by atoms with van der Waals surface area (Å²) in [6.07, 6.45) is 1.67. The number of benzene rings is 2. The van der Waals surface area contributed by atoms with E-state index in [0.29, 0.717) is 29.3 Å². The van der Waals surface area contributed by atoms with Gasteiger partial charge in [-0.15, -0.1) is 0 Å². The van der Waals surface area contributed by atoms with Gasteiger partial charge in [0.05, 0.1) is 0 Å². The fourth-order valence-corrected chi connectivity index (χ4v) is 1.80. The summed E-state index contributed by atoms with van der Waals surface area (Å²) in [6, 6.07) is 12.4. The molecule has 2 aromatic rings. The van der Waals surface area contributed by atoms with Crippen molar-refractivity contribution in [3.63, 3.8) is 0 Å². The minimum Gasteiger partial charge on any atom is -0.489 e. The van der Waals surface area contributed by atoms with Crippen LogP contribution in [0.15, 0.2) is 55.1 Å². The Kier molecular flexibility index (Phi) is 4.61. The molecule has 0 unspecified atom stereocenters. The van der Waals surface area contributed by atoms with Crippen molar-refractivity contribution in [1.29, 1.82) is 0 Å². The Morgan fingerprint density at radius 2 is 2.14 bits per heavy atom. The molecular formula is C17H18N2O2. The maximum atomic E-state index is 12.2. The van der Waals surface area contributed by atoms with Crippen LogP contribution in [0.5, 0.6) is 5.75 Å². The molecule has 1 amide bonds. The minimum absolute atomic E-state index is 0.206. The number of amides is 1. The quantitative estimate of drug-likeness (QED) is 0.652. The third-order valence-electron chi connectivity index (χ3n) is 3.00. The topological polar surface area (TPSA) is 64.3 Å². The molecule has 108 valence electrons. The Balaban J connectivity index is 2.11. The molecule has 2 aromatic carbocycles. The number of nitrogens with one attached hydrogen (secondary N) is 1. The van der Waals surface area contributed by atoms with Crippen LogP contribution in [0, 0.1) is 6.92 Å². The van der Waals surface area contributed by atoms with Gasteiger partial charge in [0.25, 0.3) is 5.91 Å². The molecular weight excluding hydrogens is 264 g/mol. The van der Waals surface area contributed by atoms with Crippen molar-refractivity contribution in [2.24, 2.45) is 0 Å². The SMILES string of the molecule is C=CCOc1cccc(NC(=O)c2ccc(C)c(N)c2)c1. The van der Waals surface area contributed by atoms with Gasteiger partial charge in [-0.25, -0.2) is 0 Å². The molecule has 3 N–H and O–H groups in total. The number of nitrogen functional groups attached to an aromatic ring is 1. The molecule has 0 bridgehead atoms. The molecule has 0 saturated heterocycles. The van der Waals surface area contributed by atoms with Crippen molar-refractivity contribution in [3.05, 3.63) is 66.2 Å². The van der Waals surface area contributed by atoms with Crippen LogP contribution in [0.1, 0.15) is 15.9 Å². The fourth-order valence-electron chi connectivity index (χ4n) is 1.80. The summed E-state index contributed by atoms with van der Waals surface area (Å²) in [5.41, 5.74) is 8.57. The number of hydrogen-bond acceptors (Lipinski definition) is 3. The van der Waals surface area contributed by atoms with Gasteiger partial charge < -0.3 is 15.8 Å². The highest BCUT2D eigenvalue weighted by atomic mass is 16.5. The van der Waals surface area contributed by atoms with Crippen LogP contribution in [-0.4, -0.2) is 12.5 Å². The first-order valence-corrected chi connectivity index (χ1v) is 6.61. The zero-order valence-electron chi connectivity index (χ0n) is 11.9. The highest BCUT2D eigenvalue weighted by Crippen LogP contribution is 2.19. The number of ether oxygens (including phenoxy) is 1. The maximum absolute atomic E-state index is 12.2. The molecule has 0 heterocycles. The van der Waals surface area contributed by atoms with Crippen molar-refractivity contribution in [2.75, 3.05) is 17.7 Å². The van der Waals surface area contributed by atoms with E-state index in [1.165, 1.54) is 0 Å². The van der Waals surface area contributed by atoms with E-state index in [1.54, 1.807) is 30.3 Å². The molecule has 0 aliphatic heterocycles. The van der Waals surface area contributed by atoms with Crippen LogP contribution in [0.4, 0.5) is 11.4 Å². The lowest BCUT2D eigenvalue weighted by Gasteiger charge is -2.09. The standard InChI is InChI=1S/C17H18N2O2/c1-3-9-21-15-6-4-5-14(11-15)19-17(20)13-8-7-12(2)16(18)10-13/h3-8,10-11H,1,9,18H2,2H3,(H,19,20). The average Bonchev–Trinajstić information content (AvgIpc) is 2.48. The number of nitrogens with two attached hydrogens (primary N) is 1. The van der Waals surface area contributed by atoms with Crippen LogP contribution in [-0.2, 0) is 0 Å². The van der Waals surface area contributed by atoms with Crippen LogP contribution in [0.3, 0.4) is 0 Å². The van der Waals surface area contributed by atoms with Gasteiger partial charge in [-0.1, -0.05) is 24.8 Å². The zero-order chi connectivity index (χ0) is 15.2. The van der Waals surface area contributed by atoms with E-state index in [1.807, 2.05) is 25.1 Å². The largest absolute Gasteiger partial charge is 0.489 e. The molecule has 0 aliphatic rings. The second kappa shape index (κ2) is 6.61. The predicted octanol–water partition coefficient (Wildman–Crippen LogP) is 3.39. The summed E-state index contributed by atoms with van der Waals surface area (Å²) in [6.45, 7) is 5.92. The number of rotatable bonds is 5. The second-order valence-electron chi connectivity index (χ2n) is 4.65. The zero-order valence-corrected chi connectivity index (χ0v) is 11.9. The van der Waals surface area contributed by atoms with Gasteiger partial charge in [0.15, 0.2) is 0 Å². The number of aryl methyl sites for hydroxylation is 1. The Hall–Kier alpha value is -2.75. The highest BCUT2D eigenvalue weighted by molar-refractivity contribution is 6.04. The van der Waals surface area contributed by atoms with Crippen LogP contribution >= 0.6 is 0 Å². The van der Waals surface area contributed by atoms with Crippen LogP contribution < -0.4 is 15.8 Å². The fraction of sp³-hybridized carbons (Fsp3) is 0.118. The molecule has 0 radical (unpaired) electrons. The Morgan fingerprint density at radius 1 is 1.33 bits per heavy atom. The van der Waals surface area contributed by atoms with Gasteiger partial charge in [-0.05, 0) is 36.8 Å². The second-order valence-corrected chi connectivity index (χ2v) is 4.65. The van der Waals surface area contributed by atoms with Gasteiger partial charge in [0.1, 0.15) is 12.4 Å². The van der Waals surface area contributed by atoms with E-state index < -0.39 is 0 Å².